The summed E-state index contributed by atoms with van der Waals surface area (Å²) in [5, 5.41) is 9.56. The number of aliphatic hydroxyl groups excluding tert-OH is 1. The molecule has 0 aromatic rings. The zero-order chi connectivity index (χ0) is 12.0. The molecular weight excluding hydrogens is 224 g/mol. The normalized spacial score (nSPS) is 49.2. The van der Waals surface area contributed by atoms with Gasteiger partial charge in [0.2, 0.25) is 0 Å². The molecule has 0 bridgehead atoms. The Labute approximate surface area is 101 Å². The first-order valence-corrected chi connectivity index (χ1v) is 6.30. The lowest BCUT2D eigenvalue weighted by atomic mass is 9.92. The number of aliphatic hydroxyl groups is 1. The second kappa shape index (κ2) is 4.17. The molecule has 5 nitrogen and oxygen atoms in total. The van der Waals surface area contributed by atoms with E-state index in [0.29, 0.717) is 19.6 Å². The van der Waals surface area contributed by atoms with Gasteiger partial charge in [0, 0.05) is 12.8 Å². The quantitative estimate of drug-likeness (QED) is 0.670. The molecule has 3 saturated heterocycles. The zero-order valence-electron chi connectivity index (χ0n) is 10.3. The molecule has 0 aromatic heterocycles. The van der Waals surface area contributed by atoms with E-state index in [1.807, 2.05) is 13.8 Å². The molecule has 3 heterocycles. The fraction of sp³-hybridized carbons (Fsp3) is 1.00. The summed E-state index contributed by atoms with van der Waals surface area (Å²) >= 11 is 0. The minimum absolute atomic E-state index is 0.0200. The molecule has 3 aliphatic rings. The van der Waals surface area contributed by atoms with Gasteiger partial charge in [0.1, 0.15) is 6.10 Å². The van der Waals surface area contributed by atoms with Crippen molar-refractivity contribution >= 4 is 0 Å². The van der Waals surface area contributed by atoms with Gasteiger partial charge in [-0.1, -0.05) is 0 Å². The van der Waals surface area contributed by atoms with Crippen molar-refractivity contribution in [3.63, 3.8) is 0 Å². The molecule has 17 heavy (non-hydrogen) atoms. The number of fused-ring (bicyclic) bond motifs is 2. The second-order valence-corrected chi connectivity index (χ2v) is 5.58. The standard InChI is InChI=1S/C12H20O5/c1-12(2)15-6-11-10(17-12)4-8-9(16-11)3-7(13)5-14-8/h7-11,13H,3-6H2,1-2H3/t7?,8-,9-,10?,11?/m0/s1. The van der Waals surface area contributed by atoms with E-state index in [4.69, 9.17) is 18.9 Å². The Bertz CT molecular complexity index is 293. The van der Waals surface area contributed by atoms with Crippen molar-refractivity contribution in [3.05, 3.63) is 0 Å². The lowest BCUT2D eigenvalue weighted by Gasteiger charge is -2.49. The van der Waals surface area contributed by atoms with Gasteiger partial charge in [-0.25, -0.2) is 0 Å². The molecule has 5 atom stereocenters. The van der Waals surface area contributed by atoms with Gasteiger partial charge in [0.25, 0.3) is 0 Å². The van der Waals surface area contributed by atoms with Gasteiger partial charge in [-0.05, 0) is 13.8 Å². The summed E-state index contributed by atoms with van der Waals surface area (Å²) in [4.78, 5) is 0. The van der Waals surface area contributed by atoms with Crippen molar-refractivity contribution in [2.75, 3.05) is 13.2 Å². The van der Waals surface area contributed by atoms with E-state index in [1.165, 1.54) is 0 Å². The molecule has 3 fully saturated rings. The Morgan fingerprint density at radius 2 is 1.82 bits per heavy atom. The van der Waals surface area contributed by atoms with Crippen LogP contribution in [0.15, 0.2) is 0 Å². The van der Waals surface area contributed by atoms with Crippen LogP contribution in [0.4, 0.5) is 0 Å². The SMILES string of the molecule is CC1(C)OCC2O[C@H]3CC(O)CO[C@H]3CC2O1. The molecule has 98 valence electrons. The van der Waals surface area contributed by atoms with Crippen molar-refractivity contribution in [2.24, 2.45) is 0 Å². The monoisotopic (exact) mass is 244 g/mol. The largest absolute Gasteiger partial charge is 0.391 e. The lowest BCUT2D eigenvalue weighted by Crippen LogP contribution is -2.59. The third-order valence-corrected chi connectivity index (χ3v) is 3.68. The third-order valence-electron chi connectivity index (χ3n) is 3.68. The Balaban J connectivity index is 1.68. The topological polar surface area (TPSA) is 57.2 Å². The minimum Gasteiger partial charge on any atom is -0.391 e. The van der Waals surface area contributed by atoms with E-state index in [-0.39, 0.29) is 24.4 Å². The Morgan fingerprint density at radius 3 is 2.65 bits per heavy atom. The first-order valence-electron chi connectivity index (χ1n) is 6.30. The Hall–Kier alpha value is -0.200. The van der Waals surface area contributed by atoms with Gasteiger partial charge in [0.05, 0.1) is 37.6 Å². The molecule has 0 radical (unpaired) electrons. The molecule has 0 spiro atoms. The van der Waals surface area contributed by atoms with Gasteiger partial charge in [0.15, 0.2) is 5.79 Å². The van der Waals surface area contributed by atoms with Crippen LogP contribution in [0.1, 0.15) is 26.7 Å². The first kappa shape index (κ1) is 11.9. The van der Waals surface area contributed by atoms with Gasteiger partial charge in [-0.3, -0.25) is 0 Å². The maximum absolute atomic E-state index is 9.56. The van der Waals surface area contributed by atoms with Crippen molar-refractivity contribution < 1.29 is 24.1 Å². The molecule has 1 N–H and O–H groups in total. The molecule has 3 rings (SSSR count). The van der Waals surface area contributed by atoms with Crippen LogP contribution in [0, 0.1) is 0 Å². The molecule has 0 aromatic carbocycles. The van der Waals surface area contributed by atoms with Crippen LogP contribution in [0.25, 0.3) is 0 Å². The zero-order valence-corrected chi connectivity index (χ0v) is 10.3. The van der Waals surface area contributed by atoms with Gasteiger partial charge in [-0.15, -0.1) is 0 Å². The molecule has 0 saturated carbocycles. The van der Waals surface area contributed by atoms with Crippen LogP contribution in [0.3, 0.4) is 0 Å². The van der Waals surface area contributed by atoms with E-state index >= 15 is 0 Å². The van der Waals surface area contributed by atoms with E-state index in [1.54, 1.807) is 0 Å². The smallest absolute Gasteiger partial charge is 0.163 e. The van der Waals surface area contributed by atoms with Crippen LogP contribution >= 0.6 is 0 Å². The average Bonchev–Trinajstić information content (AvgIpc) is 2.26. The summed E-state index contributed by atoms with van der Waals surface area (Å²) in [5.74, 6) is -0.536. The van der Waals surface area contributed by atoms with Crippen molar-refractivity contribution in [3.8, 4) is 0 Å². The third kappa shape index (κ3) is 2.35. The maximum atomic E-state index is 9.56. The lowest BCUT2D eigenvalue weighted by molar-refractivity contribution is -0.344. The summed E-state index contributed by atoms with van der Waals surface area (Å²) in [6.45, 7) is 4.79. The highest BCUT2D eigenvalue weighted by molar-refractivity contribution is 4.92. The number of rotatable bonds is 0. The van der Waals surface area contributed by atoms with Crippen LogP contribution < -0.4 is 0 Å². The highest BCUT2D eigenvalue weighted by Crippen LogP contribution is 2.35. The maximum Gasteiger partial charge on any atom is 0.163 e. The fourth-order valence-electron chi connectivity index (χ4n) is 2.84. The molecule has 5 heteroatoms. The predicted molar refractivity (Wildman–Crippen MR) is 58.5 cm³/mol. The summed E-state index contributed by atoms with van der Waals surface area (Å²) in [5.41, 5.74) is 0. The van der Waals surface area contributed by atoms with E-state index < -0.39 is 11.9 Å². The van der Waals surface area contributed by atoms with Gasteiger partial charge < -0.3 is 24.1 Å². The van der Waals surface area contributed by atoms with Crippen LogP contribution in [0.5, 0.6) is 0 Å². The van der Waals surface area contributed by atoms with E-state index in [0.717, 1.165) is 6.42 Å². The highest BCUT2D eigenvalue weighted by Gasteiger charge is 2.47. The van der Waals surface area contributed by atoms with Crippen molar-refractivity contribution in [2.45, 2.75) is 63.0 Å². The summed E-state index contributed by atoms with van der Waals surface area (Å²) in [7, 11) is 0. The van der Waals surface area contributed by atoms with Crippen LogP contribution in [-0.4, -0.2) is 54.6 Å². The summed E-state index contributed by atoms with van der Waals surface area (Å²) < 4.78 is 23.0. The minimum atomic E-state index is -0.536. The number of ether oxygens (including phenoxy) is 4. The summed E-state index contributed by atoms with van der Waals surface area (Å²) in [6.07, 6.45) is 1.11. The predicted octanol–water partition coefficient (Wildman–Crippen LogP) is 0.445. The molecule has 3 unspecified atom stereocenters. The van der Waals surface area contributed by atoms with Crippen LogP contribution in [-0.2, 0) is 18.9 Å². The number of hydrogen-bond acceptors (Lipinski definition) is 5. The van der Waals surface area contributed by atoms with Gasteiger partial charge >= 0.3 is 0 Å². The molecule has 0 amide bonds. The van der Waals surface area contributed by atoms with E-state index in [9.17, 15) is 5.11 Å². The average molecular weight is 244 g/mol. The van der Waals surface area contributed by atoms with Crippen LogP contribution in [0.2, 0.25) is 0 Å². The highest BCUT2D eigenvalue weighted by atomic mass is 16.7. The number of hydrogen-bond donors (Lipinski definition) is 1. The fourth-order valence-corrected chi connectivity index (χ4v) is 2.84. The Morgan fingerprint density at radius 1 is 1.00 bits per heavy atom. The molecule has 0 aliphatic carbocycles. The molecule has 3 aliphatic heterocycles. The first-order chi connectivity index (χ1) is 8.03. The summed E-state index contributed by atoms with van der Waals surface area (Å²) in [6, 6.07) is 0. The van der Waals surface area contributed by atoms with Crippen molar-refractivity contribution in [1.29, 1.82) is 0 Å². The second-order valence-electron chi connectivity index (χ2n) is 5.58. The van der Waals surface area contributed by atoms with E-state index in [2.05, 4.69) is 0 Å². The molecular formula is C12H20O5. The Kier molecular flexibility index (Phi) is 2.91. The van der Waals surface area contributed by atoms with Gasteiger partial charge in [-0.2, -0.15) is 0 Å². The van der Waals surface area contributed by atoms with Crippen molar-refractivity contribution in [1.82, 2.24) is 0 Å².